The lowest BCUT2D eigenvalue weighted by molar-refractivity contribution is 0.435. The average molecular weight is 330 g/mol. The van der Waals surface area contributed by atoms with Crippen molar-refractivity contribution >= 4 is 11.9 Å². The highest BCUT2D eigenvalue weighted by Gasteiger charge is 2.25. The van der Waals surface area contributed by atoms with E-state index >= 15 is 0 Å². The van der Waals surface area contributed by atoms with E-state index in [9.17, 15) is 0 Å². The number of hydrogen-bond donors (Lipinski definition) is 1. The van der Waals surface area contributed by atoms with Crippen molar-refractivity contribution in [3.63, 3.8) is 0 Å². The van der Waals surface area contributed by atoms with Crippen LogP contribution in [0.5, 0.6) is 0 Å². The first-order valence-corrected chi connectivity index (χ1v) is 8.61. The zero-order valence-electron chi connectivity index (χ0n) is 15.1. The smallest absolute Gasteiger partial charge is 0.229 e. The quantitative estimate of drug-likeness (QED) is 0.899. The Morgan fingerprint density at radius 3 is 2.67 bits per heavy atom. The van der Waals surface area contributed by atoms with E-state index in [1.807, 2.05) is 23.7 Å². The van der Waals surface area contributed by atoms with Crippen LogP contribution in [0.15, 0.2) is 0 Å². The Hall–Kier alpha value is -2.25. The minimum Gasteiger partial charge on any atom is -0.347 e. The lowest BCUT2D eigenvalue weighted by Gasteiger charge is -2.24. The minimum absolute atomic E-state index is 0.0870. The lowest BCUT2D eigenvalue weighted by atomic mass is 10.1. The molecule has 1 aliphatic heterocycles. The predicted octanol–water partition coefficient (Wildman–Crippen LogP) is 2.16. The zero-order valence-corrected chi connectivity index (χ0v) is 15.1. The van der Waals surface area contributed by atoms with Crippen LogP contribution < -0.4 is 10.2 Å². The van der Waals surface area contributed by atoms with Crippen LogP contribution >= 0.6 is 0 Å². The average Bonchev–Trinajstić information content (AvgIpc) is 2.99. The molecular formula is C16H26N8. The number of nitrogens with one attached hydrogen (secondary N) is 1. The van der Waals surface area contributed by atoms with Gasteiger partial charge in [-0.15, -0.1) is 0 Å². The van der Waals surface area contributed by atoms with Crippen molar-refractivity contribution in [3.05, 3.63) is 17.5 Å². The molecule has 8 nitrogen and oxygen atoms in total. The molecule has 0 aromatic carbocycles. The first-order chi connectivity index (χ1) is 11.5. The lowest BCUT2D eigenvalue weighted by Crippen LogP contribution is -2.24. The molecule has 0 aliphatic carbocycles. The standard InChI is InChI=1S/C16H26N8/c1-6-12-18-14-11(8-7-9-24(14)22-12)17-15-19-13(10(2)3)20-16(21-15)23(4)5/h10-11H,6-9H2,1-5H3,(H,17,19,20,21). The minimum atomic E-state index is 0.0870. The third-order valence-electron chi connectivity index (χ3n) is 4.10. The summed E-state index contributed by atoms with van der Waals surface area (Å²) in [5.41, 5.74) is 0. The Bertz CT molecular complexity index is 680. The topological polar surface area (TPSA) is 84.7 Å². The second kappa shape index (κ2) is 6.70. The molecule has 0 spiro atoms. The van der Waals surface area contributed by atoms with Crippen LogP contribution in [0.2, 0.25) is 0 Å². The fourth-order valence-electron chi connectivity index (χ4n) is 2.75. The summed E-state index contributed by atoms with van der Waals surface area (Å²) in [4.78, 5) is 20.2. The molecule has 2 aromatic heterocycles. The van der Waals surface area contributed by atoms with Crippen LogP contribution in [0, 0.1) is 0 Å². The number of rotatable bonds is 5. The van der Waals surface area contributed by atoms with Gasteiger partial charge in [0.1, 0.15) is 11.6 Å². The Kier molecular flexibility index (Phi) is 4.64. The van der Waals surface area contributed by atoms with Gasteiger partial charge in [0.05, 0.1) is 6.04 Å². The largest absolute Gasteiger partial charge is 0.347 e. The molecule has 0 bridgehead atoms. The zero-order chi connectivity index (χ0) is 17.3. The Balaban J connectivity index is 1.90. The van der Waals surface area contributed by atoms with Gasteiger partial charge in [-0.05, 0) is 12.8 Å². The van der Waals surface area contributed by atoms with Crippen molar-refractivity contribution in [2.24, 2.45) is 0 Å². The second-order valence-corrected chi connectivity index (χ2v) is 6.67. The van der Waals surface area contributed by atoms with Gasteiger partial charge < -0.3 is 10.2 Å². The summed E-state index contributed by atoms with van der Waals surface area (Å²) in [6, 6.07) is 0.0870. The van der Waals surface area contributed by atoms with E-state index in [1.165, 1.54) is 0 Å². The molecule has 24 heavy (non-hydrogen) atoms. The summed E-state index contributed by atoms with van der Waals surface area (Å²) in [6.07, 6.45) is 2.92. The monoisotopic (exact) mass is 330 g/mol. The molecule has 3 rings (SSSR count). The predicted molar refractivity (Wildman–Crippen MR) is 93.2 cm³/mol. The van der Waals surface area contributed by atoms with E-state index in [4.69, 9.17) is 0 Å². The summed E-state index contributed by atoms with van der Waals surface area (Å²) in [7, 11) is 3.88. The molecule has 1 aliphatic rings. The van der Waals surface area contributed by atoms with Crippen molar-refractivity contribution < 1.29 is 0 Å². The highest BCUT2D eigenvalue weighted by molar-refractivity contribution is 5.37. The molecule has 0 saturated carbocycles. The molecule has 0 radical (unpaired) electrons. The number of aromatic nitrogens is 6. The van der Waals surface area contributed by atoms with E-state index in [1.54, 1.807) is 0 Å². The van der Waals surface area contributed by atoms with E-state index in [0.29, 0.717) is 11.9 Å². The molecule has 0 fully saturated rings. The molecule has 3 heterocycles. The fourth-order valence-corrected chi connectivity index (χ4v) is 2.75. The normalized spacial score (nSPS) is 17.0. The fraction of sp³-hybridized carbons (Fsp3) is 0.688. The second-order valence-electron chi connectivity index (χ2n) is 6.67. The maximum Gasteiger partial charge on any atom is 0.229 e. The summed E-state index contributed by atoms with van der Waals surface area (Å²) in [5.74, 6) is 4.19. The number of nitrogens with zero attached hydrogens (tertiary/aromatic N) is 7. The first-order valence-electron chi connectivity index (χ1n) is 8.61. The van der Waals surface area contributed by atoms with Crippen LogP contribution in [0.4, 0.5) is 11.9 Å². The maximum absolute atomic E-state index is 4.67. The van der Waals surface area contributed by atoms with Crippen LogP contribution in [-0.4, -0.2) is 43.8 Å². The van der Waals surface area contributed by atoms with Gasteiger partial charge in [-0.3, -0.25) is 0 Å². The molecule has 1 atom stereocenters. The number of fused-ring (bicyclic) bond motifs is 1. The Morgan fingerprint density at radius 2 is 2.00 bits per heavy atom. The van der Waals surface area contributed by atoms with E-state index < -0.39 is 0 Å². The van der Waals surface area contributed by atoms with Crippen LogP contribution in [-0.2, 0) is 13.0 Å². The van der Waals surface area contributed by atoms with Crippen molar-refractivity contribution in [2.45, 2.75) is 58.5 Å². The van der Waals surface area contributed by atoms with E-state index in [-0.39, 0.29) is 12.0 Å². The molecule has 0 amide bonds. The molecule has 130 valence electrons. The summed E-state index contributed by atoms with van der Waals surface area (Å²) >= 11 is 0. The van der Waals surface area contributed by atoms with Gasteiger partial charge >= 0.3 is 0 Å². The Morgan fingerprint density at radius 1 is 1.21 bits per heavy atom. The SMILES string of the molecule is CCc1nc2n(n1)CCCC2Nc1nc(C(C)C)nc(N(C)C)n1. The molecule has 2 aromatic rings. The van der Waals surface area contributed by atoms with Crippen molar-refractivity contribution in [3.8, 4) is 0 Å². The number of aryl methyl sites for hydroxylation is 2. The van der Waals surface area contributed by atoms with E-state index in [0.717, 1.165) is 43.3 Å². The van der Waals surface area contributed by atoms with Gasteiger partial charge in [0.25, 0.3) is 0 Å². The van der Waals surface area contributed by atoms with Crippen LogP contribution in [0.1, 0.15) is 63.0 Å². The van der Waals surface area contributed by atoms with Crippen molar-refractivity contribution in [1.82, 2.24) is 29.7 Å². The first kappa shape index (κ1) is 16.6. The van der Waals surface area contributed by atoms with Gasteiger partial charge in [0.2, 0.25) is 11.9 Å². The summed E-state index contributed by atoms with van der Waals surface area (Å²) < 4.78 is 2.01. The Labute approximate surface area is 142 Å². The van der Waals surface area contributed by atoms with E-state index in [2.05, 4.69) is 51.1 Å². The van der Waals surface area contributed by atoms with Crippen LogP contribution in [0.25, 0.3) is 0 Å². The van der Waals surface area contributed by atoms with Crippen LogP contribution in [0.3, 0.4) is 0 Å². The highest BCUT2D eigenvalue weighted by Crippen LogP contribution is 2.27. The van der Waals surface area contributed by atoms with Gasteiger partial charge in [-0.25, -0.2) is 9.67 Å². The molecular weight excluding hydrogens is 304 g/mol. The summed E-state index contributed by atoms with van der Waals surface area (Å²) in [5, 5.41) is 8.01. The maximum atomic E-state index is 4.67. The van der Waals surface area contributed by atoms with Crippen molar-refractivity contribution in [2.75, 3.05) is 24.3 Å². The van der Waals surface area contributed by atoms with Gasteiger partial charge in [0, 0.05) is 33.0 Å². The molecule has 1 unspecified atom stereocenters. The third kappa shape index (κ3) is 3.32. The van der Waals surface area contributed by atoms with Gasteiger partial charge in [0.15, 0.2) is 5.82 Å². The third-order valence-corrected chi connectivity index (χ3v) is 4.10. The van der Waals surface area contributed by atoms with Crippen molar-refractivity contribution in [1.29, 1.82) is 0 Å². The number of hydrogen-bond acceptors (Lipinski definition) is 7. The molecule has 1 N–H and O–H groups in total. The highest BCUT2D eigenvalue weighted by atomic mass is 15.4. The van der Waals surface area contributed by atoms with Gasteiger partial charge in [-0.1, -0.05) is 20.8 Å². The summed E-state index contributed by atoms with van der Waals surface area (Å²) in [6.45, 7) is 7.18. The van der Waals surface area contributed by atoms with Gasteiger partial charge in [-0.2, -0.15) is 20.1 Å². The molecule has 0 saturated heterocycles. The number of anilines is 2. The molecule has 8 heteroatoms.